The molecule has 0 atom stereocenters. The Morgan fingerprint density at radius 1 is 0.611 bits per heavy atom. The van der Waals surface area contributed by atoms with Crippen molar-refractivity contribution in [2.75, 3.05) is 19.0 Å². The van der Waals surface area contributed by atoms with Crippen molar-refractivity contribution in [2.24, 2.45) is 0 Å². The fourth-order valence-corrected chi connectivity index (χ4v) is 2.40. The third kappa shape index (κ3) is 16.2. The van der Waals surface area contributed by atoms with Crippen molar-refractivity contribution in [2.45, 2.75) is 84.0 Å². The lowest BCUT2D eigenvalue weighted by atomic mass is 10.1. The molecule has 0 saturated heterocycles. The van der Waals surface area contributed by atoms with Gasteiger partial charge in [0.25, 0.3) is 0 Å². The topological polar surface area (TPSA) is 12.0 Å². The van der Waals surface area contributed by atoms with Gasteiger partial charge in [-0.15, -0.1) is 11.6 Å². The van der Waals surface area contributed by atoms with Gasteiger partial charge in [0.15, 0.2) is 0 Å². The van der Waals surface area contributed by atoms with E-state index in [0.717, 1.165) is 5.88 Å². The van der Waals surface area contributed by atoms with E-state index in [9.17, 15) is 0 Å². The molecule has 1 N–H and O–H groups in total. The number of halogens is 1. The van der Waals surface area contributed by atoms with E-state index in [4.69, 9.17) is 11.6 Å². The summed E-state index contributed by atoms with van der Waals surface area (Å²) in [5.74, 6) is 0.825. The maximum absolute atomic E-state index is 5.64. The zero-order valence-electron chi connectivity index (χ0n) is 12.5. The first-order valence-electron chi connectivity index (χ1n) is 8.18. The van der Waals surface area contributed by atoms with Gasteiger partial charge in [0.1, 0.15) is 0 Å². The second-order valence-electron chi connectivity index (χ2n) is 5.33. The highest BCUT2D eigenvalue weighted by molar-refractivity contribution is 6.17. The van der Waals surface area contributed by atoms with Gasteiger partial charge >= 0.3 is 0 Å². The standard InChI is InChI=1S/C16H34ClN/c1-2-3-4-5-6-7-9-12-15-18-16-13-10-8-11-14-17/h18H,2-16H2,1H3. The molecule has 0 aromatic heterocycles. The van der Waals surface area contributed by atoms with Crippen LogP contribution in [-0.4, -0.2) is 19.0 Å². The van der Waals surface area contributed by atoms with Gasteiger partial charge in [0.05, 0.1) is 0 Å². The second kappa shape index (κ2) is 17.2. The first-order valence-corrected chi connectivity index (χ1v) is 8.72. The molecule has 0 heterocycles. The van der Waals surface area contributed by atoms with Crippen LogP contribution in [0.5, 0.6) is 0 Å². The molecule has 110 valence electrons. The molecule has 0 unspecified atom stereocenters. The highest BCUT2D eigenvalue weighted by atomic mass is 35.5. The molecule has 0 saturated carbocycles. The predicted octanol–water partition coefficient (Wildman–Crippen LogP) is 5.52. The molecule has 0 aliphatic rings. The van der Waals surface area contributed by atoms with E-state index in [1.165, 1.54) is 90.1 Å². The first kappa shape index (κ1) is 18.2. The minimum Gasteiger partial charge on any atom is -0.317 e. The largest absolute Gasteiger partial charge is 0.317 e. The molecule has 0 rings (SSSR count). The van der Waals surface area contributed by atoms with E-state index in [1.807, 2.05) is 0 Å². The SMILES string of the molecule is CCCCCCCCCCNCCCCCCCl. The fourth-order valence-electron chi connectivity index (χ4n) is 2.21. The summed E-state index contributed by atoms with van der Waals surface area (Å²) in [6.45, 7) is 4.69. The molecule has 0 fully saturated rings. The van der Waals surface area contributed by atoms with Crippen LogP contribution in [0, 0.1) is 0 Å². The zero-order chi connectivity index (χ0) is 13.3. The van der Waals surface area contributed by atoms with Gasteiger partial charge in [-0.3, -0.25) is 0 Å². The number of nitrogens with one attached hydrogen (secondary N) is 1. The zero-order valence-corrected chi connectivity index (χ0v) is 13.2. The number of hydrogen-bond acceptors (Lipinski definition) is 1. The molecular formula is C16H34ClN. The van der Waals surface area contributed by atoms with Crippen LogP contribution < -0.4 is 5.32 Å². The number of hydrogen-bond donors (Lipinski definition) is 1. The molecule has 0 spiro atoms. The molecule has 0 aliphatic heterocycles. The molecule has 0 aromatic carbocycles. The van der Waals surface area contributed by atoms with Crippen molar-refractivity contribution in [1.82, 2.24) is 5.32 Å². The average molecular weight is 276 g/mol. The normalized spacial score (nSPS) is 11.0. The van der Waals surface area contributed by atoms with Crippen LogP contribution in [0.25, 0.3) is 0 Å². The Hall–Kier alpha value is 0.250. The fraction of sp³-hybridized carbons (Fsp3) is 1.00. The number of unbranched alkanes of at least 4 members (excludes halogenated alkanes) is 10. The van der Waals surface area contributed by atoms with Crippen molar-refractivity contribution in [3.05, 3.63) is 0 Å². The van der Waals surface area contributed by atoms with Crippen molar-refractivity contribution in [3.63, 3.8) is 0 Å². The van der Waals surface area contributed by atoms with E-state index in [0.29, 0.717) is 0 Å². The maximum atomic E-state index is 5.64. The second-order valence-corrected chi connectivity index (χ2v) is 5.71. The van der Waals surface area contributed by atoms with Crippen LogP contribution in [0.1, 0.15) is 84.0 Å². The third-order valence-corrected chi connectivity index (χ3v) is 3.71. The van der Waals surface area contributed by atoms with Crippen LogP contribution in [0.4, 0.5) is 0 Å². The van der Waals surface area contributed by atoms with E-state index in [-0.39, 0.29) is 0 Å². The van der Waals surface area contributed by atoms with Gasteiger partial charge in [-0.25, -0.2) is 0 Å². The Bertz CT molecular complexity index is 123. The highest BCUT2D eigenvalue weighted by Gasteiger charge is 1.92. The van der Waals surface area contributed by atoms with Gasteiger partial charge in [0.2, 0.25) is 0 Å². The highest BCUT2D eigenvalue weighted by Crippen LogP contribution is 2.07. The summed E-state index contributed by atoms with van der Waals surface area (Å²) >= 11 is 5.64. The minimum absolute atomic E-state index is 0.825. The molecule has 18 heavy (non-hydrogen) atoms. The van der Waals surface area contributed by atoms with Crippen LogP contribution in [0.2, 0.25) is 0 Å². The van der Waals surface area contributed by atoms with Gasteiger partial charge in [-0.05, 0) is 32.4 Å². The monoisotopic (exact) mass is 275 g/mol. The first-order chi connectivity index (χ1) is 8.91. The maximum Gasteiger partial charge on any atom is 0.0223 e. The lowest BCUT2D eigenvalue weighted by Crippen LogP contribution is -2.16. The Labute approximate surface area is 120 Å². The van der Waals surface area contributed by atoms with Gasteiger partial charge in [0, 0.05) is 5.88 Å². The Kier molecular flexibility index (Phi) is 17.5. The molecular weight excluding hydrogens is 242 g/mol. The minimum atomic E-state index is 0.825. The van der Waals surface area contributed by atoms with E-state index in [2.05, 4.69) is 12.2 Å². The molecule has 0 radical (unpaired) electrons. The summed E-state index contributed by atoms with van der Waals surface area (Å²) in [6, 6.07) is 0. The molecule has 1 nitrogen and oxygen atoms in total. The third-order valence-electron chi connectivity index (χ3n) is 3.44. The van der Waals surface area contributed by atoms with E-state index in [1.54, 1.807) is 0 Å². The summed E-state index contributed by atoms with van der Waals surface area (Å²) < 4.78 is 0. The lowest BCUT2D eigenvalue weighted by Gasteiger charge is -2.04. The van der Waals surface area contributed by atoms with Crippen molar-refractivity contribution < 1.29 is 0 Å². The summed E-state index contributed by atoms with van der Waals surface area (Å²) in [5, 5.41) is 3.54. The van der Waals surface area contributed by atoms with Gasteiger partial charge in [-0.2, -0.15) is 0 Å². The van der Waals surface area contributed by atoms with Gasteiger partial charge < -0.3 is 5.32 Å². The Morgan fingerprint density at radius 2 is 1.06 bits per heavy atom. The van der Waals surface area contributed by atoms with Gasteiger partial charge in [-0.1, -0.05) is 64.7 Å². The Morgan fingerprint density at radius 3 is 1.56 bits per heavy atom. The summed E-state index contributed by atoms with van der Waals surface area (Å²) in [5.41, 5.74) is 0. The molecule has 0 bridgehead atoms. The summed E-state index contributed by atoms with van der Waals surface area (Å²) in [6.07, 6.45) is 16.4. The smallest absolute Gasteiger partial charge is 0.0223 e. The summed E-state index contributed by atoms with van der Waals surface area (Å²) in [7, 11) is 0. The molecule has 0 aromatic rings. The molecule has 0 amide bonds. The van der Waals surface area contributed by atoms with Crippen LogP contribution >= 0.6 is 11.6 Å². The lowest BCUT2D eigenvalue weighted by molar-refractivity contribution is 0.543. The average Bonchev–Trinajstić information content (AvgIpc) is 2.39. The van der Waals surface area contributed by atoms with Crippen LogP contribution in [0.15, 0.2) is 0 Å². The van der Waals surface area contributed by atoms with E-state index < -0.39 is 0 Å². The Balaban J connectivity index is 2.86. The molecule has 0 aliphatic carbocycles. The summed E-state index contributed by atoms with van der Waals surface area (Å²) in [4.78, 5) is 0. The van der Waals surface area contributed by atoms with Crippen LogP contribution in [-0.2, 0) is 0 Å². The van der Waals surface area contributed by atoms with Crippen molar-refractivity contribution in [3.8, 4) is 0 Å². The van der Waals surface area contributed by atoms with Crippen molar-refractivity contribution >= 4 is 11.6 Å². The van der Waals surface area contributed by atoms with E-state index >= 15 is 0 Å². The number of alkyl halides is 1. The van der Waals surface area contributed by atoms with Crippen LogP contribution in [0.3, 0.4) is 0 Å². The predicted molar refractivity (Wildman–Crippen MR) is 84.7 cm³/mol. The molecule has 2 heteroatoms. The number of rotatable bonds is 15. The quantitative estimate of drug-likeness (QED) is 0.307. The van der Waals surface area contributed by atoms with Crippen molar-refractivity contribution in [1.29, 1.82) is 0 Å².